The molecular formula is C31H24FN3O. The molecule has 0 fully saturated rings. The SMILES string of the molecule is CC(C)(c1ccc2c(c1)c1cc(Oc3ccccn3)ccc1n2-c1ccc(F)cc1)c1ccccn1. The summed E-state index contributed by atoms with van der Waals surface area (Å²) in [5, 5.41) is 2.13. The van der Waals surface area contributed by atoms with Crippen LogP contribution in [0.1, 0.15) is 25.1 Å². The molecule has 3 aromatic heterocycles. The number of benzene rings is 3. The second-order valence-corrected chi connectivity index (χ2v) is 9.33. The molecule has 0 radical (unpaired) electrons. The molecule has 0 atom stereocenters. The van der Waals surface area contributed by atoms with Gasteiger partial charge >= 0.3 is 0 Å². The first-order valence-electron chi connectivity index (χ1n) is 11.9. The Morgan fingerprint density at radius 3 is 2.11 bits per heavy atom. The average molecular weight is 474 g/mol. The molecule has 4 nitrogen and oxygen atoms in total. The Kier molecular flexibility index (Phi) is 5.26. The summed E-state index contributed by atoms with van der Waals surface area (Å²) in [5.41, 5.74) is 4.81. The Morgan fingerprint density at radius 2 is 1.42 bits per heavy atom. The zero-order chi connectivity index (χ0) is 24.7. The summed E-state index contributed by atoms with van der Waals surface area (Å²) in [6.07, 6.45) is 3.54. The molecule has 3 heterocycles. The summed E-state index contributed by atoms with van der Waals surface area (Å²) >= 11 is 0. The Labute approximate surface area is 208 Å². The lowest BCUT2D eigenvalue weighted by Gasteiger charge is -2.25. The Hall–Kier alpha value is -4.51. The van der Waals surface area contributed by atoms with Gasteiger partial charge in [0.25, 0.3) is 0 Å². The van der Waals surface area contributed by atoms with Crippen molar-refractivity contribution in [1.82, 2.24) is 14.5 Å². The van der Waals surface area contributed by atoms with E-state index in [1.165, 1.54) is 12.1 Å². The van der Waals surface area contributed by atoms with Crippen LogP contribution in [0.3, 0.4) is 0 Å². The highest BCUT2D eigenvalue weighted by Gasteiger charge is 2.26. The predicted molar refractivity (Wildman–Crippen MR) is 141 cm³/mol. The first-order chi connectivity index (χ1) is 17.5. The number of ether oxygens (including phenoxy) is 1. The molecule has 0 spiro atoms. The van der Waals surface area contributed by atoms with Gasteiger partial charge in [-0.3, -0.25) is 4.98 Å². The zero-order valence-corrected chi connectivity index (χ0v) is 20.0. The fourth-order valence-electron chi connectivity index (χ4n) is 4.73. The smallest absolute Gasteiger partial charge is 0.219 e. The van der Waals surface area contributed by atoms with Gasteiger partial charge in [-0.2, -0.15) is 0 Å². The Morgan fingerprint density at radius 1 is 0.722 bits per heavy atom. The van der Waals surface area contributed by atoms with Crippen LogP contribution in [0.5, 0.6) is 11.6 Å². The van der Waals surface area contributed by atoms with E-state index >= 15 is 0 Å². The molecule has 0 saturated heterocycles. The Bertz CT molecular complexity index is 1670. The molecule has 0 saturated carbocycles. The van der Waals surface area contributed by atoms with Crippen LogP contribution in [0.25, 0.3) is 27.5 Å². The molecule has 6 rings (SSSR count). The van der Waals surface area contributed by atoms with E-state index in [1.807, 2.05) is 54.7 Å². The maximum atomic E-state index is 13.7. The van der Waals surface area contributed by atoms with Gasteiger partial charge in [0.05, 0.1) is 16.7 Å². The van der Waals surface area contributed by atoms with Crippen molar-refractivity contribution in [3.63, 3.8) is 0 Å². The molecular weight excluding hydrogens is 449 g/mol. The van der Waals surface area contributed by atoms with Gasteiger partial charge in [0.2, 0.25) is 5.88 Å². The van der Waals surface area contributed by atoms with Crippen LogP contribution >= 0.6 is 0 Å². The van der Waals surface area contributed by atoms with E-state index in [-0.39, 0.29) is 11.2 Å². The third-order valence-electron chi connectivity index (χ3n) is 6.71. The number of pyridine rings is 2. The van der Waals surface area contributed by atoms with Gasteiger partial charge in [-0.15, -0.1) is 0 Å². The summed E-state index contributed by atoms with van der Waals surface area (Å²) in [7, 11) is 0. The largest absolute Gasteiger partial charge is 0.439 e. The second kappa shape index (κ2) is 8.61. The molecule has 5 heteroatoms. The van der Waals surface area contributed by atoms with Crippen molar-refractivity contribution < 1.29 is 9.13 Å². The van der Waals surface area contributed by atoms with Crippen molar-refractivity contribution in [3.05, 3.63) is 127 Å². The number of hydrogen-bond donors (Lipinski definition) is 0. The Balaban J connectivity index is 1.57. The molecule has 176 valence electrons. The summed E-state index contributed by atoms with van der Waals surface area (Å²) < 4.78 is 21.9. The van der Waals surface area contributed by atoms with Crippen LogP contribution in [0.2, 0.25) is 0 Å². The minimum absolute atomic E-state index is 0.259. The van der Waals surface area contributed by atoms with Crippen LogP contribution in [-0.2, 0) is 5.41 Å². The van der Waals surface area contributed by atoms with Crippen LogP contribution in [0.15, 0.2) is 109 Å². The van der Waals surface area contributed by atoms with E-state index in [1.54, 1.807) is 18.3 Å². The number of halogens is 1. The number of fused-ring (bicyclic) bond motifs is 3. The van der Waals surface area contributed by atoms with Crippen molar-refractivity contribution in [2.24, 2.45) is 0 Å². The normalized spacial score (nSPS) is 11.8. The van der Waals surface area contributed by atoms with Crippen LogP contribution < -0.4 is 4.74 Å². The molecule has 0 aliphatic carbocycles. The molecule has 0 bridgehead atoms. The monoisotopic (exact) mass is 473 g/mol. The van der Waals surface area contributed by atoms with Crippen LogP contribution in [-0.4, -0.2) is 14.5 Å². The third kappa shape index (κ3) is 3.79. The molecule has 36 heavy (non-hydrogen) atoms. The van der Waals surface area contributed by atoms with Gasteiger partial charge in [-0.05, 0) is 78.4 Å². The molecule has 0 amide bonds. The van der Waals surface area contributed by atoms with Crippen LogP contribution in [0.4, 0.5) is 4.39 Å². The first-order valence-corrected chi connectivity index (χ1v) is 11.9. The molecule has 6 aromatic rings. The van der Waals surface area contributed by atoms with Crippen molar-refractivity contribution in [2.75, 3.05) is 0 Å². The van der Waals surface area contributed by atoms with Crippen molar-refractivity contribution in [3.8, 4) is 17.3 Å². The molecule has 0 aliphatic heterocycles. The number of aromatic nitrogens is 3. The molecule has 0 N–H and O–H groups in total. The van der Waals surface area contributed by atoms with E-state index in [0.717, 1.165) is 38.8 Å². The second-order valence-electron chi connectivity index (χ2n) is 9.33. The van der Waals surface area contributed by atoms with Crippen molar-refractivity contribution in [2.45, 2.75) is 19.3 Å². The zero-order valence-electron chi connectivity index (χ0n) is 20.0. The summed E-state index contributed by atoms with van der Waals surface area (Å²) in [6.45, 7) is 4.37. The molecule has 0 aliphatic rings. The summed E-state index contributed by atoms with van der Waals surface area (Å²) in [4.78, 5) is 8.91. The number of hydrogen-bond acceptors (Lipinski definition) is 3. The first kappa shape index (κ1) is 22.0. The van der Waals surface area contributed by atoms with Gasteiger partial charge in [0.15, 0.2) is 0 Å². The average Bonchev–Trinajstić information content (AvgIpc) is 3.23. The van der Waals surface area contributed by atoms with Gasteiger partial charge in [-0.25, -0.2) is 9.37 Å². The van der Waals surface area contributed by atoms with E-state index in [0.29, 0.717) is 11.6 Å². The topological polar surface area (TPSA) is 39.9 Å². The summed E-state index contributed by atoms with van der Waals surface area (Å²) in [6, 6.07) is 30.7. The highest BCUT2D eigenvalue weighted by Crippen LogP contribution is 2.38. The van der Waals surface area contributed by atoms with E-state index in [9.17, 15) is 4.39 Å². The number of nitrogens with zero attached hydrogens (tertiary/aromatic N) is 3. The minimum atomic E-state index is -0.290. The highest BCUT2D eigenvalue weighted by atomic mass is 19.1. The standard InChI is InChI=1S/C31H24FN3O/c1-31(2,29-7-3-5-17-33-29)21-9-15-27-25(19-21)26-20-24(36-30-8-4-6-18-34-30)14-16-28(26)35(27)23-12-10-22(32)11-13-23/h3-20H,1-2H3. The lowest BCUT2D eigenvalue weighted by atomic mass is 9.80. The van der Waals surface area contributed by atoms with Crippen molar-refractivity contribution in [1.29, 1.82) is 0 Å². The summed E-state index contributed by atoms with van der Waals surface area (Å²) in [5.74, 6) is 0.981. The molecule has 3 aromatic carbocycles. The van der Waals surface area contributed by atoms with Gasteiger partial charge in [-0.1, -0.05) is 32.0 Å². The van der Waals surface area contributed by atoms with Gasteiger partial charge in [0, 0.05) is 40.3 Å². The van der Waals surface area contributed by atoms with E-state index in [4.69, 9.17) is 4.74 Å². The minimum Gasteiger partial charge on any atom is -0.439 e. The maximum absolute atomic E-state index is 13.7. The third-order valence-corrected chi connectivity index (χ3v) is 6.71. The van der Waals surface area contributed by atoms with E-state index < -0.39 is 0 Å². The number of rotatable bonds is 5. The lowest BCUT2D eigenvalue weighted by molar-refractivity contribution is 0.463. The molecule has 0 unspecified atom stereocenters. The van der Waals surface area contributed by atoms with Gasteiger partial charge < -0.3 is 9.30 Å². The van der Waals surface area contributed by atoms with Crippen molar-refractivity contribution >= 4 is 21.8 Å². The quantitative estimate of drug-likeness (QED) is 0.256. The fourth-order valence-corrected chi connectivity index (χ4v) is 4.73. The lowest BCUT2D eigenvalue weighted by Crippen LogP contribution is -2.20. The van der Waals surface area contributed by atoms with Crippen LogP contribution in [0, 0.1) is 5.82 Å². The van der Waals surface area contributed by atoms with Gasteiger partial charge in [0.1, 0.15) is 11.6 Å². The maximum Gasteiger partial charge on any atom is 0.219 e. The predicted octanol–water partition coefficient (Wildman–Crippen LogP) is 7.83. The van der Waals surface area contributed by atoms with E-state index in [2.05, 4.69) is 52.6 Å². The highest BCUT2D eigenvalue weighted by molar-refractivity contribution is 6.10. The fraction of sp³-hybridized carbons (Fsp3) is 0.0968.